The molecule has 4 rings (SSSR count). The third-order valence-corrected chi connectivity index (χ3v) is 13.0. The first kappa shape index (κ1) is 29.4. The van der Waals surface area contributed by atoms with Crippen molar-refractivity contribution in [2.75, 3.05) is 0 Å². The Morgan fingerprint density at radius 1 is 0.583 bits per heavy atom. The Bertz CT molecular complexity index is 1280. The minimum absolute atomic E-state index is 1.34. The van der Waals surface area contributed by atoms with E-state index < -0.39 is 22.8 Å². The zero-order valence-corrected chi connectivity index (χ0v) is 27.3. The van der Waals surface area contributed by atoms with Crippen molar-refractivity contribution < 1.29 is 14.7 Å². The number of rotatable bonds is 4. The maximum atomic E-state index is 4.97. The molecule has 0 N–H and O–H groups in total. The van der Waals surface area contributed by atoms with E-state index in [1.807, 2.05) is 0 Å². The average Bonchev–Trinajstić information content (AvgIpc) is 2.99. The molecule has 0 heterocycles. The quantitative estimate of drug-likeness (QED) is 0.133. The molecule has 4 aromatic carbocycles. The van der Waals surface area contributed by atoms with Crippen molar-refractivity contribution in [2.45, 2.75) is 55.4 Å². The van der Waals surface area contributed by atoms with E-state index in [2.05, 4.69) is 122 Å². The van der Waals surface area contributed by atoms with Crippen molar-refractivity contribution >= 4 is 56.7 Å². The summed E-state index contributed by atoms with van der Waals surface area (Å²) in [4.78, 5) is 0. The van der Waals surface area contributed by atoms with Crippen LogP contribution in [0.1, 0.15) is 44.5 Å². The number of benzene rings is 3. The first-order chi connectivity index (χ1) is 16.9. The van der Waals surface area contributed by atoms with Crippen LogP contribution in [0.2, 0.25) is 0 Å². The molecule has 0 aliphatic carbocycles. The van der Waals surface area contributed by atoms with Gasteiger partial charge in [0.05, 0.1) is 0 Å². The van der Waals surface area contributed by atoms with Gasteiger partial charge in [-0.3, -0.25) is 0 Å². The fourth-order valence-corrected chi connectivity index (χ4v) is 12.0. The Labute approximate surface area is 236 Å². The number of halogens is 3. The second kappa shape index (κ2) is 12.1. The van der Waals surface area contributed by atoms with Gasteiger partial charge in [-0.15, -0.1) is 5.19 Å². The van der Waals surface area contributed by atoms with Crippen LogP contribution in [-0.2, 0) is 14.7 Å². The van der Waals surface area contributed by atoms with Crippen molar-refractivity contribution in [1.82, 2.24) is 0 Å². The summed E-state index contributed by atoms with van der Waals surface area (Å²) in [6.07, 6.45) is 0. The van der Waals surface area contributed by atoms with Gasteiger partial charge in [-0.2, -0.15) is 22.3 Å². The molecule has 0 aromatic heterocycles. The van der Waals surface area contributed by atoms with E-state index in [1.54, 1.807) is 5.19 Å². The Balaban J connectivity index is 0.000000840. The van der Waals surface area contributed by atoms with E-state index in [-0.39, 0.29) is 0 Å². The van der Waals surface area contributed by atoms with Crippen LogP contribution in [0.5, 0.6) is 0 Å². The summed E-state index contributed by atoms with van der Waals surface area (Å²) in [5.74, 6) is 0. The molecule has 0 saturated carbocycles. The van der Waals surface area contributed by atoms with Crippen molar-refractivity contribution in [2.24, 2.45) is 0 Å². The molecule has 0 spiro atoms. The standard InChI is InChI=1S/C31H35Si.3ClH.Ti/c1-20-17-21(2)19-28(18-20)32(29-15-11-9-13-22(29)3,30-16-12-10-14-23(30)4)31-26(7)24(5)25(6)27(31)8;;;;/h9-19H,1-8H3;3*1H;/q-1;;;;+4/p-3. The summed E-state index contributed by atoms with van der Waals surface area (Å²) in [5.41, 5.74) is 11.3. The van der Waals surface area contributed by atoms with Gasteiger partial charge < -0.3 is 0 Å². The van der Waals surface area contributed by atoms with Crippen LogP contribution in [0.3, 0.4) is 0 Å². The molecule has 0 unspecified atom stereocenters. The molecule has 0 fully saturated rings. The third kappa shape index (κ3) is 5.63. The molecule has 0 aliphatic heterocycles. The molecule has 36 heavy (non-hydrogen) atoms. The maximum absolute atomic E-state index is 4.97. The van der Waals surface area contributed by atoms with Gasteiger partial charge in [0.15, 0.2) is 0 Å². The second-order valence-electron chi connectivity index (χ2n) is 9.85. The summed E-state index contributed by atoms with van der Waals surface area (Å²) in [7, 11) is 12.4. The first-order valence-corrected chi connectivity index (χ1v) is 20.6. The topological polar surface area (TPSA) is 0 Å². The number of aryl methyl sites for hydroxylation is 4. The summed E-state index contributed by atoms with van der Waals surface area (Å²) in [5, 5.41) is 6.10. The van der Waals surface area contributed by atoms with Gasteiger partial charge in [0.25, 0.3) is 0 Å². The minimum atomic E-state index is -2.55. The van der Waals surface area contributed by atoms with Gasteiger partial charge in [-0.05, 0) is 27.7 Å². The number of hydrogen-bond donors (Lipinski definition) is 0. The van der Waals surface area contributed by atoms with Crippen molar-refractivity contribution in [3.8, 4) is 0 Å². The third-order valence-electron chi connectivity index (χ3n) is 7.57. The molecule has 0 saturated heterocycles. The molecule has 0 aliphatic rings. The first-order valence-electron chi connectivity index (χ1n) is 12.2. The summed E-state index contributed by atoms with van der Waals surface area (Å²) < 4.78 is 0. The second-order valence-corrected chi connectivity index (χ2v) is 21.2. The van der Waals surface area contributed by atoms with Gasteiger partial charge >= 0.3 is 42.6 Å². The molecule has 0 radical (unpaired) electrons. The van der Waals surface area contributed by atoms with Gasteiger partial charge in [0, 0.05) is 0 Å². The SMILES string of the molecule is Cc1cc(C)cc([Si](c2ccccc2C)(c2ccccc2C)[c-]2c(C)c(C)c(C)c2C)c1.[Cl][Ti+]([Cl])[Cl]. The van der Waals surface area contributed by atoms with E-state index in [1.165, 1.54) is 60.1 Å². The molecule has 0 bridgehead atoms. The van der Waals surface area contributed by atoms with Crippen molar-refractivity contribution in [1.29, 1.82) is 0 Å². The van der Waals surface area contributed by atoms with Crippen LogP contribution >= 0.6 is 27.9 Å². The van der Waals surface area contributed by atoms with Crippen LogP contribution in [0.4, 0.5) is 0 Å². The fraction of sp³-hybridized carbons (Fsp3) is 0.258. The number of hydrogen-bond acceptors (Lipinski definition) is 0. The summed E-state index contributed by atoms with van der Waals surface area (Å²) in [6, 6.07) is 25.5. The van der Waals surface area contributed by atoms with Gasteiger partial charge in [0.2, 0.25) is 0 Å². The van der Waals surface area contributed by atoms with Crippen LogP contribution < -0.4 is 20.7 Å². The van der Waals surface area contributed by atoms with E-state index in [9.17, 15) is 0 Å². The Hall–Kier alpha value is -1.19. The molecule has 4 aromatic rings. The normalized spacial score (nSPS) is 11.2. The predicted molar refractivity (Wildman–Crippen MR) is 161 cm³/mol. The van der Waals surface area contributed by atoms with E-state index in [4.69, 9.17) is 27.9 Å². The molecule has 5 heteroatoms. The van der Waals surface area contributed by atoms with Crippen LogP contribution in [0, 0.1) is 55.4 Å². The van der Waals surface area contributed by atoms with E-state index in [0.717, 1.165) is 0 Å². The molecule has 0 amide bonds. The summed E-state index contributed by atoms with van der Waals surface area (Å²) >= 11 is -1.92. The van der Waals surface area contributed by atoms with Gasteiger partial charge in [-0.25, -0.2) is 0 Å². The summed E-state index contributed by atoms with van der Waals surface area (Å²) in [6.45, 7) is 18.4. The molecule has 0 nitrogen and oxygen atoms in total. The molecule has 0 atom stereocenters. The van der Waals surface area contributed by atoms with E-state index in [0.29, 0.717) is 0 Å². The van der Waals surface area contributed by atoms with Gasteiger partial charge in [0.1, 0.15) is 8.07 Å². The van der Waals surface area contributed by atoms with Crippen molar-refractivity contribution in [3.63, 3.8) is 0 Å². The monoisotopic (exact) mass is 588 g/mol. The van der Waals surface area contributed by atoms with E-state index >= 15 is 0 Å². The zero-order chi connectivity index (χ0) is 26.8. The Morgan fingerprint density at radius 3 is 1.31 bits per heavy atom. The van der Waals surface area contributed by atoms with Crippen LogP contribution in [-0.4, -0.2) is 8.07 Å². The Morgan fingerprint density at radius 2 is 0.944 bits per heavy atom. The van der Waals surface area contributed by atoms with Crippen molar-refractivity contribution in [3.05, 3.63) is 111 Å². The molecular formula is C31H35Cl3SiTi. The fourth-order valence-electron chi connectivity index (χ4n) is 5.83. The van der Waals surface area contributed by atoms with Crippen LogP contribution in [0.15, 0.2) is 66.7 Å². The van der Waals surface area contributed by atoms with Crippen LogP contribution in [0.25, 0.3) is 0 Å². The Kier molecular flexibility index (Phi) is 9.88. The predicted octanol–water partition coefficient (Wildman–Crippen LogP) is 7.32. The molecular weight excluding hydrogens is 555 g/mol. The van der Waals surface area contributed by atoms with Gasteiger partial charge in [-0.1, -0.05) is 132 Å². The zero-order valence-electron chi connectivity index (χ0n) is 22.5. The molecule has 188 valence electrons. The average molecular weight is 590 g/mol.